The summed E-state index contributed by atoms with van der Waals surface area (Å²) in [5.74, 6) is 0. The fourth-order valence-corrected chi connectivity index (χ4v) is 2.47. The first-order valence-corrected chi connectivity index (χ1v) is 6.90. The van der Waals surface area contributed by atoms with Crippen molar-refractivity contribution in [3.63, 3.8) is 0 Å². The SMILES string of the molecule is CN(C)CCCCNCc1cn2ccsc2n1. The molecular formula is C12H20N4S. The largest absolute Gasteiger partial charge is 0.311 e. The maximum absolute atomic E-state index is 4.53. The monoisotopic (exact) mass is 252 g/mol. The topological polar surface area (TPSA) is 32.6 Å². The molecule has 0 aliphatic carbocycles. The normalized spacial score (nSPS) is 11.7. The minimum atomic E-state index is 0.871. The molecule has 0 fully saturated rings. The van der Waals surface area contributed by atoms with Crippen molar-refractivity contribution in [2.45, 2.75) is 19.4 Å². The van der Waals surface area contributed by atoms with Crippen molar-refractivity contribution < 1.29 is 0 Å². The Morgan fingerprint density at radius 3 is 3.06 bits per heavy atom. The summed E-state index contributed by atoms with van der Waals surface area (Å²) in [4.78, 5) is 7.83. The molecule has 0 unspecified atom stereocenters. The van der Waals surface area contributed by atoms with Gasteiger partial charge < -0.3 is 10.2 Å². The van der Waals surface area contributed by atoms with Gasteiger partial charge >= 0.3 is 0 Å². The van der Waals surface area contributed by atoms with Crippen LogP contribution in [0.25, 0.3) is 4.96 Å². The van der Waals surface area contributed by atoms with Crippen molar-refractivity contribution in [2.75, 3.05) is 27.2 Å². The molecule has 0 aromatic carbocycles. The van der Waals surface area contributed by atoms with E-state index >= 15 is 0 Å². The maximum atomic E-state index is 4.53. The molecule has 0 amide bonds. The number of unbranched alkanes of at least 4 members (excludes halogenated alkanes) is 1. The van der Waals surface area contributed by atoms with Crippen molar-refractivity contribution in [1.82, 2.24) is 19.6 Å². The molecule has 2 aromatic heterocycles. The number of nitrogens with zero attached hydrogens (tertiary/aromatic N) is 3. The molecule has 5 heteroatoms. The highest BCUT2D eigenvalue weighted by Crippen LogP contribution is 2.10. The van der Waals surface area contributed by atoms with Gasteiger partial charge in [-0.3, -0.25) is 4.40 Å². The lowest BCUT2D eigenvalue weighted by molar-refractivity contribution is 0.391. The van der Waals surface area contributed by atoms with Gasteiger partial charge in [0.25, 0.3) is 0 Å². The molecule has 0 aliphatic rings. The van der Waals surface area contributed by atoms with Crippen LogP contribution in [0.1, 0.15) is 18.5 Å². The number of nitrogens with one attached hydrogen (secondary N) is 1. The van der Waals surface area contributed by atoms with Gasteiger partial charge in [0.15, 0.2) is 4.96 Å². The zero-order chi connectivity index (χ0) is 12.1. The third kappa shape index (κ3) is 3.80. The summed E-state index contributed by atoms with van der Waals surface area (Å²) in [6, 6.07) is 0. The molecule has 0 saturated carbocycles. The molecule has 2 aromatic rings. The van der Waals surface area contributed by atoms with Crippen molar-refractivity contribution in [3.8, 4) is 0 Å². The van der Waals surface area contributed by atoms with Crippen LogP contribution in [-0.4, -0.2) is 41.5 Å². The van der Waals surface area contributed by atoms with Crippen LogP contribution >= 0.6 is 11.3 Å². The number of hydrogen-bond acceptors (Lipinski definition) is 4. The zero-order valence-electron chi connectivity index (χ0n) is 10.5. The fourth-order valence-electron chi connectivity index (χ4n) is 1.76. The van der Waals surface area contributed by atoms with E-state index in [1.807, 2.05) is 6.20 Å². The second-order valence-corrected chi connectivity index (χ2v) is 5.39. The highest BCUT2D eigenvalue weighted by molar-refractivity contribution is 7.15. The number of aromatic nitrogens is 2. The second kappa shape index (κ2) is 6.14. The predicted octanol–water partition coefficient (Wildman–Crippen LogP) is 1.83. The van der Waals surface area contributed by atoms with E-state index in [9.17, 15) is 0 Å². The van der Waals surface area contributed by atoms with Crippen LogP contribution in [-0.2, 0) is 6.54 Å². The first-order chi connectivity index (χ1) is 8.25. The first kappa shape index (κ1) is 12.5. The summed E-state index contributed by atoms with van der Waals surface area (Å²) in [6.07, 6.45) is 6.62. The van der Waals surface area contributed by atoms with Gasteiger partial charge in [-0.25, -0.2) is 4.98 Å². The average Bonchev–Trinajstić information content (AvgIpc) is 2.82. The summed E-state index contributed by atoms with van der Waals surface area (Å²) in [6.45, 7) is 3.11. The van der Waals surface area contributed by atoms with Crippen molar-refractivity contribution in [1.29, 1.82) is 0 Å². The lowest BCUT2D eigenvalue weighted by Gasteiger charge is -2.08. The van der Waals surface area contributed by atoms with E-state index in [1.54, 1.807) is 11.3 Å². The summed E-state index contributed by atoms with van der Waals surface area (Å²) in [7, 11) is 4.23. The van der Waals surface area contributed by atoms with Crippen molar-refractivity contribution >= 4 is 16.3 Å². The number of thiazole rings is 1. The predicted molar refractivity (Wildman–Crippen MR) is 72.6 cm³/mol. The lowest BCUT2D eigenvalue weighted by atomic mass is 10.3. The van der Waals surface area contributed by atoms with E-state index in [4.69, 9.17) is 0 Å². The van der Waals surface area contributed by atoms with Gasteiger partial charge in [0.1, 0.15) is 0 Å². The number of fused-ring (bicyclic) bond motifs is 1. The molecule has 0 atom stereocenters. The molecule has 0 spiro atoms. The summed E-state index contributed by atoms with van der Waals surface area (Å²) < 4.78 is 2.08. The molecule has 0 bridgehead atoms. The second-order valence-electron chi connectivity index (χ2n) is 4.51. The lowest BCUT2D eigenvalue weighted by Crippen LogP contribution is -2.18. The Balaban J connectivity index is 1.64. The van der Waals surface area contributed by atoms with Crippen LogP contribution in [0, 0.1) is 0 Å². The molecule has 2 heterocycles. The Bertz CT molecular complexity index is 417. The summed E-state index contributed by atoms with van der Waals surface area (Å²) >= 11 is 1.68. The van der Waals surface area contributed by atoms with Gasteiger partial charge in [-0.05, 0) is 40.0 Å². The molecule has 94 valence electrons. The zero-order valence-corrected chi connectivity index (χ0v) is 11.3. The molecule has 4 nitrogen and oxygen atoms in total. The quantitative estimate of drug-likeness (QED) is 0.763. The van der Waals surface area contributed by atoms with Gasteiger partial charge in [-0.1, -0.05) is 0 Å². The van der Waals surface area contributed by atoms with Crippen LogP contribution in [0.4, 0.5) is 0 Å². The van der Waals surface area contributed by atoms with E-state index < -0.39 is 0 Å². The standard InChI is InChI=1S/C12H20N4S/c1-15(2)6-4-3-5-13-9-11-10-16-7-8-17-12(16)14-11/h7-8,10,13H,3-6,9H2,1-2H3. The third-order valence-corrected chi connectivity index (χ3v) is 3.43. The van der Waals surface area contributed by atoms with Crippen LogP contribution in [0.15, 0.2) is 17.8 Å². The Hall–Kier alpha value is -0.910. The van der Waals surface area contributed by atoms with E-state index in [2.05, 4.69) is 45.3 Å². The third-order valence-electron chi connectivity index (χ3n) is 2.66. The molecule has 2 rings (SSSR count). The molecule has 17 heavy (non-hydrogen) atoms. The number of imidazole rings is 1. The summed E-state index contributed by atoms with van der Waals surface area (Å²) in [5, 5.41) is 5.49. The van der Waals surface area contributed by atoms with Crippen LogP contribution in [0.3, 0.4) is 0 Å². The average molecular weight is 252 g/mol. The van der Waals surface area contributed by atoms with Gasteiger partial charge in [0.05, 0.1) is 5.69 Å². The molecule has 0 aliphatic heterocycles. The number of rotatable bonds is 7. The van der Waals surface area contributed by atoms with Gasteiger partial charge in [0.2, 0.25) is 0 Å². The minimum Gasteiger partial charge on any atom is -0.311 e. The smallest absolute Gasteiger partial charge is 0.193 e. The fraction of sp³-hybridized carbons (Fsp3) is 0.583. The van der Waals surface area contributed by atoms with E-state index in [0.29, 0.717) is 0 Å². The molecule has 0 saturated heterocycles. The van der Waals surface area contributed by atoms with Gasteiger partial charge in [-0.15, -0.1) is 11.3 Å². The van der Waals surface area contributed by atoms with E-state index in [-0.39, 0.29) is 0 Å². The molecular weight excluding hydrogens is 232 g/mol. The highest BCUT2D eigenvalue weighted by atomic mass is 32.1. The Labute approximate surface area is 106 Å². The Morgan fingerprint density at radius 1 is 1.41 bits per heavy atom. The van der Waals surface area contributed by atoms with E-state index in [1.165, 1.54) is 19.4 Å². The van der Waals surface area contributed by atoms with Crippen LogP contribution < -0.4 is 5.32 Å². The van der Waals surface area contributed by atoms with Crippen molar-refractivity contribution in [2.24, 2.45) is 0 Å². The van der Waals surface area contributed by atoms with Crippen LogP contribution in [0.5, 0.6) is 0 Å². The molecule has 0 radical (unpaired) electrons. The Kier molecular flexibility index (Phi) is 4.53. The van der Waals surface area contributed by atoms with E-state index in [0.717, 1.165) is 23.7 Å². The van der Waals surface area contributed by atoms with Crippen LogP contribution in [0.2, 0.25) is 0 Å². The van der Waals surface area contributed by atoms with Crippen molar-refractivity contribution in [3.05, 3.63) is 23.5 Å². The summed E-state index contributed by atoms with van der Waals surface area (Å²) in [5.41, 5.74) is 1.13. The maximum Gasteiger partial charge on any atom is 0.193 e. The minimum absolute atomic E-state index is 0.871. The van der Waals surface area contributed by atoms with Gasteiger partial charge in [-0.2, -0.15) is 0 Å². The Morgan fingerprint density at radius 2 is 2.29 bits per heavy atom. The highest BCUT2D eigenvalue weighted by Gasteiger charge is 2.01. The first-order valence-electron chi connectivity index (χ1n) is 6.02. The van der Waals surface area contributed by atoms with Gasteiger partial charge in [0, 0.05) is 24.3 Å². The number of hydrogen-bond donors (Lipinski definition) is 1. The molecule has 1 N–H and O–H groups in total.